The fourth-order valence-corrected chi connectivity index (χ4v) is 2.83. The van der Waals surface area contributed by atoms with Crippen LogP contribution in [-0.4, -0.2) is 23.9 Å². The van der Waals surface area contributed by atoms with Gasteiger partial charge in [0.1, 0.15) is 0 Å². The molecule has 0 aromatic rings. The van der Waals surface area contributed by atoms with Crippen molar-refractivity contribution >= 4 is 5.91 Å². The van der Waals surface area contributed by atoms with Crippen molar-refractivity contribution in [2.24, 2.45) is 0 Å². The lowest BCUT2D eigenvalue weighted by Gasteiger charge is -2.03. The average Bonchev–Trinajstić information content (AvgIpc) is 3.15. The van der Waals surface area contributed by atoms with Gasteiger partial charge in [-0.3, -0.25) is 4.79 Å². The first-order valence-electron chi connectivity index (χ1n) is 9.12. The highest BCUT2D eigenvalue weighted by molar-refractivity contribution is 5.92. The molecule has 0 aromatic heterocycles. The summed E-state index contributed by atoms with van der Waals surface area (Å²) in [5.41, 5.74) is 0. The second-order valence-corrected chi connectivity index (χ2v) is 6.41. The van der Waals surface area contributed by atoms with Crippen molar-refractivity contribution in [3.63, 3.8) is 0 Å². The molecule has 0 radical (unpaired) electrons. The number of carbonyl (C=O) groups is 1. The van der Waals surface area contributed by atoms with Gasteiger partial charge in [-0.15, -0.1) is 0 Å². The molecule has 0 unspecified atom stereocenters. The van der Waals surface area contributed by atoms with Crippen molar-refractivity contribution in [2.45, 2.75) is 96.8 Å². The first-order chi connectivity index (χ1) is 9.84. The Bertz CT molecular complexity index is 240. The zero-order valence-corrected chi connectivity index (χ0v) is 13.7. The average molecular weight is 281 g/mol. The molecule has 0 spiro atoms. The van der Waals surface area contributed by atoms with Crippen molar-refractivity contribution in [3.8, 4) is 0 Å². The van der Waals surface area contributed by atoms with Crippen LogP contribution in [0.2, 0.25) is 0 Å². The zero-order chi connectivity index (χ0) is 14.5. The molecule has 0 saturated carbocycles. The van der Waals surface area contributed by atoms with E-state index < -0.39 is 0 Å². The van der Waals surface area contributed by atoms with Gasteiger partial charge in [0, 0.05) is 6.54 Å². The molecule has 1 saturated heterocycles. The second-order valence-electron chi connectivity index (χ2n) is 6.41. The number of amides is 1. The van der Waals surface area contributed by atoms with Crippen molar-refractivity contribution in [1.29, 1.82) is 0 Å². The Morgan fingerprint density at radius 1 is 0.700 bits per heavy atom. The maximum Gasteiger partial charge on any atom is 0.242 e. The van der Waals surface area contributed by atoms with E-state index >= 15 is 0 Å². The number of nitrogens with zero attached hydrogens (tertiary/aromatic N) is 1. The van der Waals surface area contributed by atoms with Crippen molar-refractivity contribution in [3.05, 3.63) is 0 Å². The summed E-state index contributed by atoms with van der Waals surface area (Å²) < 4.78 is 0. The van der Waals surface area contributed by atoms with Gasteiger partial charge in [-0.1, -0.05) is 90.4 Å². The topological polar surface area (TPSA) is 20.1 Å². The van der Waals surface area contributed by atoms with Crippen LogP contribution in [0.4, 0.5) is 0 Å². The minimum atomic E-state index is 0.347. The summed E-state index contributed by atoms with van der Waals surface area (Å²) in [6.07, 6.45) is 19.6. The quantitative estimate of drug-likeness (QED) is 0.294. The van der Waals surface area contributed by atoms with Gasteiger partial charge in [0.2, 0.25) is 5.91 Å². The molecule has 1 aliphatic rings. The highest BCUT2D eigenvalue weighted by Crippen LogP contribution is 2.14. The highest BCUT2D eigenvalue weighted by Gasteiger charge is 2.28. The van der Waals surface area contributed by atoms with E-state index in [1.54, 1.807) is 0 Å². The summed E-state index contributed by atoms with van der Waals surface area (Å²) >= 11 is 0. The first-order valence-corrected chi connectivity index (χ1v) is 9.12. The maximum atomic E-state index is 10.8. The summed E-state index contributed by atoms with van der Waals surface area (Å²) in [6.45, 7) is 4.01. The second kappa shape index (κ2) is 12.2. The standard InChI is InChI=1S/C18H35NO/c1-2-3-4-5-6-7-8-9-10-11-12-13-14-15-16-19-17-18(19)20/h2-17H2,1H3. The van der Waals surface area contributed by atoms with Crippen LogP contribution in [0.15, 0.2) is 0 Å². The van der Waals surface area contributed by atoms with Crippen LogP contribution in [0, 0.1) is 0 Å². The van der Waals surface area contributed by atoms with Gasteiger partial charge in [-0.2, -0.15) is 0 Å². The molecular formula is C18H35NO. The monoisotopic (exact) mass is 281 g/mol. The van der Waals surface area contributed by atoms with Crippen LogP contribution >= 0.6 is 0 Å². The van der Waals surface area contributed by atoms with Gasteiger partial charge in [0.05, 0.1) is 6.54 Å². The summed E-state index contributed by atoms with van der Waals surface area (Å²) in [4.78, 5) is 12.7. The minimum Gasteiger partial charge on any atom is -0.332 e. The third-order valence-electron chi connectivity index (χ3n) is 4.36. The van der Waals surface area contributed by atoms with Crippen LogP contribution in [0.3, 0.4) is 0 Å². The van der Waals surface area contributed by atoms with Crippen LogP contribution in [0.1, 0.15) is 96.8 Å². The zero-order valence-electron chi connectivity index (χ0n) is 13.7. The third-order valence-corrected chi connectivity index (χ3v) is 4.36. The molecule has 2 heteroatoms. The third kappa shape index (κ3) is 10.3. The summed E-state index contributed by atoms with van der Waals surface area (Å²) in [5.74, 6) is 0.347. The molecule has 0 N–H and O–H groups in total. The Balaban J connectivity index is 1.63. The lowest BCUT2D eigenvalue weighted by molar-refractivity contribution is -0.113. The Morgan fingerprint density at radius 2 is 1.05 bits per heavy atom. The molecule has 1 rings (SSSR count). The normalized spacial score (nSPS) is 14.1. The Hall–Kier alpha value is -0.530. The molecule has 2 nitrogen and oxygen atoms in total. The lowest BCUT2D eigenvalue weighted by atomic mass is 10.0. The highest BCUT2D eigenvalue weighted by atomic mass is 16.2. The lowest BCUT2D eigenvalue weighted by Crippen LogP contribution is -2.00. The molecule has 1 aliphatic heterocycles. The van der Waals surface area contributed by atoms with Gasteiger partial charge in [-0.25, -0.2) is 0 Å². The molecule has 0 atom stereocenters. The van der Waals surface area contributed by atoms with Crippen molar-refractivity contribution in [1.82, 2.24) is 4.90 Å². The molecule has 0 aromatic carbocycles. The summed E-state index contributed by atoms with van der Waals surface area (Å²) in [5, 5.41) is 0. The molecular weight excluding hydrogens is 246 g/mol. The van der Waals surface area contributed by atoms with E-state index in [-0.39, 0.29) is 0 Å². The smallest absolute Gasteiger partial charge is 0.242 e. The molecule has 1 fully saturated rings. The Kier molecular flexibility index (Phi) is 10.7. The predicted octanol–water partition coefficient (Wildman–Crippen LogP) is 5.31. The van der Waals surface area contributed by atoms with Gasteiger partial charge in [0.15, 0.2) is 0 Å². The number of hydrogen-bond acceptors (Lipinski definition) is 1. The van der Waals surface area contributed by atoms with E-state index in [1.165, 1.54) is 89.9 Å². The van der Waals surface area contributed by atoms with E-state index in [1.807, 2.05) is 4.90 Å². The van der Waals surface area contributed by atoms with Gasteiger partial charge < -0.3 is 4.90 Å². The Labute approximate surface area is 126 Å². The minimum absolute atomic E-state index is 0.347. The summed E-state index contributed by atoms with van der Waals surface area (Å²) in [6, 6.07) is 0. The SMILES string of the molecule is CCCCCCCCCCCCCCCCN1CC1=O. The molecule has 0 bridgehead atoms. The van der Waals surface area contributed by atoms with Crippen LogP contribution in [0.5, 0.6) is 0 Å². The van der Waals surface area contributed by atoms with Crippen LogP contribution in [-0.2, 0) is 4.79 Å². The fourth-order valence-electron chi connectivity index (χ4n) is 2.83. The van der Waals surface area contributed by atoms with E-state index in [2.05, 4.69) is 6.92 Å². The largest absolute Gasteiger partial charge is 0.332 e. The van der Waals surface area contributed by atoms with Crippen molar-refractivity contribution < 1.29 is 4.79 Å². The molecule has 118 valence electrons. The first kappa shape index (κ1) is 17.5. The molecule has 1 amide bonds. The van der Waals surface area contributed by atoms with Gasteiger partial charge >= 0.3 is 0 Å². The van der Waals surface area contributed by atoms with E-state index in [9.17, 15) is 4.79 Å². The van der Waals surface area contributed by atoms with E-state index in [0.717, 1.165) is 13.1 Å². The molecule has 1 heterocycles. The van der Waals surface area contributed by atoms with E-state index in [0.29, 0.717) is 5.91 Å². The molecule has 20 heavy (non-hydrogen) atoms. The number of carbonyl (C=O) groups excluding carboxylic acids is 1. The van der Waals surface area contributed by atoms with Gasteiger partial charge in [0.25, 0.3) is 0 Å². The van der Waals surface area contributed by atoms with Crippen LogP contribution < -0.4 is 0 Å². The maximum absolute atomic E-state index is 10.8. The predicted molar refractivity (Wildman–Crippen MR) is 86.9 cm³/mol. The number of rotatable bonds is 15. The molecule has 0 aliphatic carbocycles. The van der Waals surface area contributed by atoms with E-state index in [4.69, 9.17) is 0 Å². The Morgan fingerprint density at radius 3 is 1.40 bits per heavy atom. The van der Waals surface area contributed by atoms with Gasteiger partial charge in [-0.05, 0) is 6.42 Å². The summed E-state index contributed by atoms with van der Waals surface area (Å²) in [7, 11) is 0. The van der Waals surface area contributed by atoms with Crippen molar-refractivity contribution in [2.75, 3.05) is 13.1 Å². The number of hydrogen-bond donors (Lipinski definition) is 0. The number of unbranched alkanes of at least 4 members (excludes halogenated alkanes) is 13. The fraction of sp³-hybridized carbons (Fsp3) is 0.944. The van der Waals surface area contributed by atoms with Crippen LogP contribution in [0.25, 0.3) is 0 Å².